The van der Waals surface area contributed by atoms with Crippen molar-refractivity contribution in [3.05, 3.63) is 24.3 Å². The van der Waals surface area contributed by atoms with E-state index in [9.17, 15) is 13.2 Å². The Labute approximate surface area is 123 Å². The molecule has 0 aromatic heterocycles. The third-order valence-electron chi connectivity index (χ3n) is 3.53. The normalized spacial score (nSPS) is 19.3. The van der Waals surface area contributed by atoms with Crippen LogP contribution in [0.25, 0.3) is 0 Å². The standard InChI is InChI=1S/C15H21F3N2O/c1-11(2)19-9-12-7-8-20(10-12)13-5-3-4-6-14(13)21-15(16,17)18/h3-6,11-12,19H,7-10H2,1-2H3. The number of hydrogen-bond donors (Lipinski definition) is 1. The lowest BCUT2D eigenvalue weighted by Gasteiger charge is -2.22. The highest BCUT2D eigenvalue weighted by Gasteiger charge is 2.33. The summed E-state index contributed by atoms with van der Waals surface area (Å²) >= 11 is 0. The average molecular weight is 302 g/mol. The van der Waals surface area contributed by atoms with Gasteiger partial charge < -0.3 is 15.0 Å². The van der Waals surface area contributed by atoms with E-state index in [-0.39, 0.29) is 5.75 Å². The first-order chi connectivity index (χ1) is 9.85. The van der Waals surface area contributed by atoms with Crippen molar-refractivity contribution < 1.29 is 17.9 Å². The summed E-state index contributed by atoms with van der Waals surface area (Å²) in [4.78, 5) is 1.97. The number of anilines is 1. The van der Waals surface area contributed by atoms with E-state index in [1.807, 2.05) is 4.90 Å². The average Bonchev–Trinajstić information content (AvgIpc) is 2.83. The van der Waals surface area contributed by atoms with Crippen molar-refractivity contribution >= 4 is 5.69 Å². The third-order valence-corrected chi connectivity index (χ3v) is 3.53. The molecule has 1 fully saturated rings. The van der Waals surface area contributed by atoms with Crippen molar-refractivity contribution in [3.8, 4) is 5.75 Å². The maximum atomic E-state index is 12.4. The lowest BCUT2D eigenvalue weighted by molar-refractivity contribution is -0.274. The van der Waals surface area contributed by atoms with Gasteiger partial charge in [0.25, 0.3) is 0 Å². The van der Waals surface area contributed by atoms with Crippen LogP contribution >= 0.6 is 0 Å². The van der Waals surface area contributed by atoms with E-state index in [0.29, 0.717) is 17.6 Å². The molecular weight excluding hydrogens is 281 g/mol. The lowest BCUT2D eigenvalue weighted by Crippen LogP contribution is -2.31. The molecule has 1 unspecified atom stereocenters. The monoisotopic (exact) mass is 302 g/mol. The van der Waals surface area contributed by atoms with Crippen LogP contribution in [0.1, 0.15) is 20.3 Å². The third kappa shape index (κ3) is 4.81. The van der Waals surface area contributed by atoms with Crippen LogP contribution in [0.4, 0.5) is 18.9 Å². The topological polar surface area (TPSA) is 24.5 Å². The van der Waals surface area contributed by atoms with Gasteiger partial charge in [0.2, 0.25) is 0 Å². The molecule has 1 N–H and O–H groups in total. The molecule has 1 saturated heterocycles. The fraction of sp³-hybridized carbons (Fsp3) is 0.600. The van der Waals surface area contributed by atoms with Crippen LogP contribution in [0.5, 0.6) is 5.75 Å². The maximum absolute atomic E-state index is 12.4. The van der Waals surface area contributed by atoms with Gasteiger partial charge in [-0.2, -0.15) is 0 Å². The van der Waals surface area contributed by atoms with Crippen molar-refractivity contribution in [2.45, 2.75) is 32.7 Å². The minimum absolute atomic E-state index is 0.123. The van der Waals surface area contributed by atoms with E-state index in [4.69, 9.17) is 0 Å². The van der Waals surface area contributed by atoms with Gasteiger partial charge in [0.15, 0.2) is 5.75 Å². The second-order valence-electron chi connectivity index (χ2n) is 5.68. The van der Waals surface area contributed by atoms with Crippen LogP contribution in [-0.2, 0) is 0 Å². The van der Waals surface area contributed by atoms with E-state index in [1.165, 1.54) is 6.07 Å². The van der Waals surface area contributed by atoms with Gasteiger partial charge in [-0.15, -0.1) is 13.2 Å². The summed E-state index contributed by atoms with van der Waals surface area (Å²) in [5.74, 6) is 0.328. The molecule has 21 heavy (non-hydrogen) atoms. The number of alkyl halides is 3. The molecule has 1 heterocycles. The molecule has 1 aromatic rings. The molecule has 0 spiro atoms. The molecule has 0 saturated carbocycles. The molecule has 1 aromatic carbocycles. The minimum Gasteiger partial charge on any atom is -0.404 e. The van der Waals surface area contributed by atoms with Crippen LogP contribution < -0.4 is 15.0 Å². The molecule has 1 aliphatic heterocycles. The van der Waals surface area contributed by atoms with E-state index in [0.717, 1.165) is 26.1 Å². The van der Waals surface area contributed by atoms with E-state index in [1.54, 1.807) is 18.2 Å². The Morgan fingerprint density at radius 1 is 1.33 bits per heavy atom. The Balaban J connectivity index is 2.02. The zero-order chi connectivity index (χ0) is 15.5. The molecule has 1 atom stereocenters. The van der Waals surface area contributed by atoms with E-state index in [2.05, 4.69) is 23.9 Å². The van der Waals surface area contributed by atoms with Crippen molar-refractivity contribution in [3.63, 3.8) is 0 Å². The Bertz CT molecular complexity index is 462. The summed E-state index contributed by atoms with van der Waals surface area (Å²) in [6.45, 7) is 6.55. The molecule has 1 aliphatic rings. The van der Waals surface area contributed by atoms with Crippen LogP contribution in [0.15, 0.2) is 24.3 Å². The largest absolute Gasteiger partial charge is 0.573 e. The smallest absolute Gasteiger partial charge is 0.404 e. The van der Waals surface area contributed by atoms with Gasteiger partial charge in [-0.3, -0.25) is 0 Å². The first kappa shape index (κ1) is 15.9. The van der Waals surface area contributed by atoms with Crippen molar-refractivity contribution in [2.75, 3.05) is 24.5 Å². The van der Waals surface area contributed by atoms with E-state index >= 15 is 0 Å². The Morgan fingerprint density at radius 3 is 2.71 bits per heavy atom. The predicted molar refractivity (Wildman–Crippen MR) is 76.6 cm³/mol. The zero-order valence-electron chi connectivity index (χ0n) is 12.3. The summed E-state index contributed by atoms with van der Waals surface area (Å²) in [6.07, 6.45) is -3.69. The molecule has 118 valence electrons. The number of para-hydroxylation sites is 2. The maximum Gasteiger partial charge on any atom is 0.573 e. The molecule has 0 bridgehead atoms. The van der Waals surface area contributed by atoms with Gasteiger partial charge in [-0.25, -0.2) is 0 Å². The van der Waals surface area contributed by atoms with Gasteiger partial charge in [-0.1, -0.05) is 26.0 Å². The molecule has 0 radical (unpaired) electrons. The van der Waals surface area contributed by atoms with Crippen LogP contribution in [-0.4, -0.2) is 32.0 Å². The van der Waals surface area contributed by atoms with Crippen LogP contribution in [0.2, 0.25) is 0 Å². The van der Waals surface area contributed by atoms with Crippen LogP contribution in [0, 0.1) is 5.92 Å². The number of benzene rings is 1. The fourth-order valence-electron chi connectivity index (χ4n) is 2.55. The summed E-state index contributed by atoms with van der Waals surface area (Å²) in [5.41, 5.74) is 0.516. The van der Waals surface area contributed by atoms with Crippen molar-refractivity contribution in [1.29, 1.82) is 0 Å². The molecule has 6 heteroatoms. The molecule has 0 amide bonds. The van der Waals surface area contributed by atoms with Gasteiger partial charge in [0.05, 0.1) is 5.69 Å². The van der Waals surface area contributed by atoms with E-state index < -0.39 is 6.36 Å². The summed E-state index contributed by atoms with van der Waals surface area (Å²) in [6, 6.07) is 6.75. The predicted octanol–water partition coefficient (Wildman–Crippen LogP) is 3.41. The minimum atomic E-state index is -4.66. The number of ether oxygens (including phenoxy) is 1. The number of halogens is 3. The summed E-state index contributed by atoms with van der Waals surface area (Å²) < 4.78 is 41.5. The fourth-order valence-corrected chi connectivity index (χ4v) is 2.55. The lowest BCUT2D eigenvalue weighted by atomic mass is 10.1. The van der Waals surface area contributed by atoms with Crippen molar-refractivity contribution in [1.82, 2.24) is 5.32 Å². The first-order valence-electron chi connectivity index (χ1n) is 7.18. The number of nitrogens with one attached hydrogen (secondary N) is 1. The first-order valence-corrected chi connectivity index (χ1v) is 7.18. The molecule has 0 aliphatic carbocycles. The van der Waals surface area contributed by atoms with Gasteiger partial charge in [-0.05, 0) is 31.0 Å². The highest BCUT2D eigenvalue weighted by atomic mass is 19.4. The second-order valence-corrected chi connectivity index (χ2v) is 5.68. The zero-order valence-corrected chi connectivity index (χ0v) is 12.3. The Morgan fingerprint density at radius 2 is 2.05 bits per heavy atom. The Hall–Kier alpha value is -1.43. The molecule has 2 rings (SSSR count). The van der Waals surface area contributed by atoms with Crippen LogP contribution in [0.3, 0.4) is 0 Å². The SMILES string of the molecule is CC(C)NCC1CCN(c2ccccc2OC(F)(F)F)C1. The summed E-state index contributed by atoms with van der Waals surface area (Å²) in [7, 11) is 0. The molecular formula is C15H21F3N2O. The summed E-state index contributed by atoms with van der Waals surface area (Å²) in [5, 5.41) is 3.37. The number of nitrogens with zero attached hydrogens (tertiary/aromatic N) is 1. The highest BCUT2D eigenvalue weighted by molar-refractivity contribution is 5.59. The highest BCUT2D eigenvalue weighted by Crippen LogP contribution is 2.35. The Kier molecular flexibility index (Phi) is 4.98. The molecule has 3 nitrogen and oxygen atoms in total. The van der Waals surface area contributed by atoms with Gasteiger partial charge in [0.1, 0.15) is 0 Å². The number of hydrogen-bond acceptors (Lipinski definition) is 3. The quantitative estimate of drug-likeness (QED) is 0.902. The van der Waals surface area contributed by atoms with Gasteiger partial charge in [0, 0.05) is 19.1 Å². The number of rotatable bonds is 5. The second kappa shape index (κ2) is 6.56. The van der Waals surface area contributed by atoms with Gasteiger partial charge >= 0.3 is 6.36 Å². The van der Waals surface area contributed by atoms with Crippen molar-refractivity contribution in [2.24, 2.45) is 5.92 Å².